The molecule has 0 amide bonds. The van der Waals surface area contributed by atoms with Gasteiger partial charge in [0.2, 0.25) is 0 Å². The minimum Gasteiger partial charge on any atom is -0.405 e. The molecule has 0 aromatic heterocycles. The maximum Gasteiger partial charge on any atom is 0.148 e. The van der Waals surface area contributed by atoms with Crippen LogP contribution in [0.2, 0.25) is 5.02 Å². The van der Waals surface area contributed by atoms with Crippen LogP contribution >= 0.6 is 11.6 Å². The van der Waals surface area contributed by atoms with E-state index in [1.807, 2.05) is 37.3 Å². The Morgan fingerprint density at radius 2 is 2.00 bits per heavy atom. The van der Waals surface area contributed by atoms with E-state index in [9.17, 15) is 4.39 Å². The Hall–Kier alpha value is -3.05. The second kappa shape index (κ2) is 8.31. The van der Waals surface area contributed by atoms with Gasteiger partial charge in [-0.15, -0.1) is 0 Å². The molecule has 0 radical (unpaired) electrons. The van der Waals surface area contributed by atoms with Crippen molar-refractivity contribution in [1.29, 1.82) is 0 Å². The van der Waals surface area contributed by atoms with Crippen LogP contribution in [-0.4, -0.2) is 5.84 Å². The number of nitrogens with two attached hydrogens (primary N) is 1. The molecular formula is C22H22ClFN4. The largest absolute Gasteiger partial charge is 0.405 e. The van der Waals surface area contributed by atoms with Crippen LogP contribution in [0.5, 0.6) is 0 Å². The standard InChI is InChI=1S/C22H22ClFN4/c1-13-16(8-6-10-20(13)24)14(2)26-21-17(11-12-25)15(3)27-22(28-21)18-7-4-5-9-19(18)23/h4-12,22,27H,2,25H2,1,3H3,(H,26,28)/b12-11-. The summed E-state index contributed by atoms with van der Waals surface area (Å²) in [5.74, 6) is 0.298. The van der Waals surface area contributed by atoms with E-state index in [0.717, 1.165) is 16.8 Å². The van der Waals surface area contributed by atoms with E-state index < -0.39 is 0 Å². The zero-order valence-corrected chi connectivity index (χ0v) is 16.5. The lowest BCUT2D eigenvalue weighted by Gasteiger charge is -2.27. The fraction of sp³-hybridized carbons (Fsp3) is 0.136. The summed E-state index contributed by atoms with van der Waals surface area (Å²) in [6, 6.07) is 12.4. The SMILES string of the molecule is C=C(NC1=NC(c2ccccc2Cl)NC(C)=C1/C=C\N)c1cccc(F)c1C. The lowest BCUT2D eigenvalue weighted by molar-refractivity contribution is 0.612. The van der Waals surface area contributed by atoms with Gasteiger partial charge in [0.15, 0.2) is 0 Å². The lowest BCUT2D eigenvalue weighted by atomic mass is 10.0. The number of hydrogen-bond acceptors (Lipinski definition) is 4. The van der Waals surface area contributed by atoms with Crippen LogP contribution in [0, 0.1) is 12.7 Å². The van der Waals surface area contributed by atoms with Crippen LogP contribution < -0.4 is 16.4 Å². The van der Waals surface area contributed by atoms with Gasteiger partial charge in [-0.1, -0.05) is 48.5 Å². The van der Waals surface area contributed by atoms with Gasteiger partial charge in [0.25, 0.3) is 0 Å². The highest BCUT2D eigenvalue weighted by Gasteiger charge is 2.23. The molecule has 0 aliphatic carbocycles. The van der Waals surface area contributed by atoms with Gasteiger partial charge in [0.1, 0.15) is 17.8 Å². The normalized spacial score (nSPS) is 16.7. The fourth-order valence-corrected chi connectivity index (χ4v) is 3.32. The first kappa shape index (κ1) is 19.7. The van der Waals surface area contributed by atoms with E-state index >= 15 is 0 Å². The van der Waals surface area contributed by atoms with Gasteiger partial charge in [0, 0.05) is 33.1 Å². The first-order valence-electron chi connectivity index (χ1n) is 8.82. The molecule has 1 heterocycles. The molecule has 1 aliphatic rings. The first-order valence-corrected chi connectivity index (χ1v) is 9.20. The zero-order chi connectivity index (χ0) is 20.3. The van der Waals surface area contributed by atoms with Crippen LogP contribution in [-0.2, 0) is 0 Å². The minimum atomic E-state index is -0.368. The van der Waals surface area contributed by atoms with Crippen LogP contribution in [0.15, 0.2) is 77.6 Å². The summed E-state index contributed by atoms with van der Waals surface area (Å²) in [6.45, 7) is 7.73. The van der Waals surface area contributed by atoms with E-state index in [2.05, 4.69) is 17.2 Å². The molecule has 1 unspecified atom stereocenters. The summed E-state index contributed by atoms with van der Waals surface area (Å²) in [4.78, 5) is 4.77. The van der Waals surface area contributed by atoms with Gasteiger partial charge in [0.05, 0.1) is 0 Å². The number of rotatable bonds is 4. The summed E-state index contributed by atoms with van der Waals surface area (Å²) in [5, 5.41) is 7.19. The highest BCUT2D eigenvalue weighted by molar-refractivity contribution is 6.31. The van der Waals surface area contributed by atoms with E-state index in [1.165, 1.54) is 12.3 Å². The molecule has 4 nitrogen and oxygen atoms in total. The van der Waals surface area contributed by atoms with Crippen molar-refractivity contribution in [2.45, 2.75) is 20.0 Å². The summed E-state index contributed by atoms with van der Waals surface area (Å²) >= 11 is 6.35. The number of allylic oxidation sites excluding steroid dienone is 1. The number of nitrogens with zero attached hydrogens (tertiary/aromatic N) is 1. The summed E-state index contributed by atoms with van der Waals surface area (Å²) < 4.78 is 13.9. The summed E-state index contributed by atoms with van der Waals surface area (Å²) in [7, 11) is 0. The lowest BCUT2D eigenvalue weighted by Crippen LogP contribution is -2.34. The Labute approximate surface area is 169 Å². The van der Waals surface area contributed by atoms with E-state index in [1.54, 1.807) is 19.1 Å². The van der Waals surface area contributed by atoms with Crippen molar-refractivity contribution in [3.63, 3.8) is 0 Å². The quantitative estimate of drug-likeness (QED) is 0.695. The van der Waals surface area contributed by atoms with Crippen LogP contribution in [0.3, 0.4) is 0 Å². The molecule has 1 aliphatic heterocycles. The van der Waals surface area contributed by atoms with Crippen molar-refractivity contribution in [1.82, 2.24) is 10.6 Å². The number of halogens is 2. The number of aliphatic imine (C=N–C) groups is 1. The smallest absolute Gasteiger partial charge is 0.148 e. The van der Waals surface area contributed by atoms with Crippen molar-refractivity contribution in [3.05, 3.63) is 100 Å². The first-order chi connectivity index (χ1) is 13.4. The maximum atomic E-state index is 13.9. The molecule has 0 saturated carbocycles. The Kier molecular flexibility index (Phi) is 5.85. The van der Waals surface area contributed by atoms with Crippen molar-refractivity contribution >= 4 is 23.1 Å². The van der Waals surface area contributed by atoms with Crippen molar-refractivity contribution in [3.8, 4) is 0 Å². The molecule has 0 fully saturated rings. The van der Waals surface area contributed by atoms with Crippen LogP contribution in [0.4, 0.5) is 4.39 Å². The summed E-state index contributed by atoms with van der Waals surface area (Å²) in [6.07, 6.45) is 2.83. The molecule has 2 aromatic carbocycles. The monoisotopic (exact) mass is 396 g/mol. The van der Waals surface area contributed by atoms with Gasteiger partial charge in [-0.3, -0.25) is 0 Å². The third kappa shape index (κ3) is 3.94. The third-order valence-corrected chi connectivity index (χ3v) is 4.94. The average molecular weight is 397 g/mol. The molecule has 0 bridgehead atoms. The van der Waals surface area contributed by atoms with Gasteiger partial charge in [-0.25, -0.2) is 9.38 Å². The van der Waals surface area contributed by atoms with Crippen LogP contribution in [0.25, 0.3) is 5.70 Å². The average Bonchev–Trinajstić information content (AvgIpc) is 2.66. The Morgan fingerprint density at radius 1 is 1.25 bits per heavy atom. The molecule has 0 saturated heterocycles. The molecule has 3 rings (SSSR count). The second-order valence-corrected chi connectivity index (χ2v) is 6.87. The fourth-order valence-electron chi connectivity index (χ4n) is 3.08. The zero-order valence-electron chi connectivity index (χ0n) is 15.8. The minimum absolute atomic E-state index is 0.282. The molecule has 144 valence electrons. The van der Waals surface area contributed by atoms with E-state index in [-0.39, 0.29) is 12.0 Å². The molecule has 1 atom stereocenters. The Bertz CT molecular complexity index is 1010. The van der Waals surface area contributed by atoms with Crippen molar-refractivity contribution < 1.29 is 4.39 Å². The molecule has 6 heteroatoms. The van der Waals surface area contributed by atoms with Gasteiger partial charge >= 0.3 is 0 Å². The molecule has 4 N–H and O–H groups in total. The van der Waals surface area contributed by atoms with E-state index in [4.69, 9.17) is 22.3 Å². The Balaban J connectivity index is 1.99. The van der Waals surface area contributed by atoms with Crippen molar-refractivity contribution in [2.75, 3.05) is 0 Å². The number of amidine groups is 1. The number of benzene rings is 2. The molecule has 0 spiro atoms. The second-order valence-electron chi connectivity index (χ2n) is 6.46. The predicted molar refractivity (Wildman–Crippen MR) is 114 cm³/mol. The number of nitrogens with one attached hydrogen (secondary N) is 2. The highest BCUT2D eigenvalue weighted by Crippen LogP contribution is 2.29. The predicted octanol–water partition coefficient (Wildman–Crippen LogP) is 4.79. The highest BCUT2D eigenvalue weighted by atomic mass is 35.5. The van der Waals surface area contributed by atoms with Gasteiger partial charge in [-0.05, 0) is 43.8 Å². The van der Waals surface area contributed by atoms with Crippen molar-refractivity contribution in [2.24, 2.45) is 10.7 Å². The number of hydrogen-bond donors (Lipinski definition) is 3. The maximum absolute atomic E-state index is 13.9. The van der Waals surface area contributed by atoms with Gasteiger partial charge < -0.3 is 16.4 Å². The molecular weight excluding hydrogens is 375 g/mol. The Morgan fingerprint density at radius 3 is 2.71 bits per heavy atom. The molecule has 2 aromatic rings. The van der Waals surface area contributed by atoms with E-state index in [0.29, 0.717) is 27.7 Å². The molecule has 28 heavy (non-hydrogen) atoms. The van der Waals surface area contributed by atoms with Gasteiger partial charge in [-0.2, -0.15) is 0 Å². The summed E-state index contributed by atoms with van der Waals surface area (Å²) in [5.41, 5.74) is 9.90. The van der Waals surface area contributed by atoms with Crippen LogP contribution in [0.1, 0.15) is 29.8 Å². The third-order valence-electron chi connectivity index (χ3n) is 4.60. The topological polar surface area (TPSA) is 62.4 Å².